The van der Waals surface area contributed by atoms with Crippen molar-refractivity contribution in [1.29, 1.82) is 0 Å². The second-order valence-electron chi connectivity index (χ2n) is 8.65. The first-order valence-electron chi connectivity index (χ1n) is 9.88. The number of likely N-dealkylation sites (tertiary alicyclic amines) is 1. The molecular formula is C23H26N2O4. The highest BCUT2D eigenvalue weighted by Crippen LogP contribution is 2.34. The van der Waals surface area contributed by atoms with Gasteiger partial charge in [-0.15, -0.1) is 0 Å². The number of para-hydroxylation sites is 1. The molecule has 4 rings (SSSR count). The monoisotopic (exact) mass is 394 g/mol. The van der Waals surface area contributed by atoms with Crippen LogP contribution < -0.4 is 14.8 Å². The molecule has 2 aromatic rings. The number of hydrogen-bond acceptors (Lipinski definition) is 4. The predicted molar refractivity (Wildman–Crippen MR) is 110 cm³/mol. The Morgan fingerprint density at radius 3 is 2.69 bits per heavy atom. The van der Waals surface area contributed by atoms with Crippen LogP contribution >= 0.6 is 0 Å². The van der Waals surface area contributed by atoms with Crippen molar-refractivity contribution in [3.05, 3.63) is 53.6 Å². The molecule has 29 heavy (non-hydrogen) atoms. The Morgan fingerprint density at radius 2 is 1.90 bits per heavy atom. The van der Waals surface area contributed by atoms with Gasteiger partial charge >= 0.3 is 0 Å². The van der Waals surface area contributed by atoms with Crippen molar-refractivity contribution in [3.8, 4) is 11.5 Å². The number of carbonyl (C=O) groups excluding carboxylic acids is 2. The standard InChI is InChI=1S/C23H26N2O4/c1-23(2,3)17-6-4-5-7-18(17)24-22(27)16-11-21(26)25(13-16)12-15-8-9-19-20(10-15)29-14-28-19/h4-10,16H,11-14H2,1-3H3,(H,24,27). The summed E-state index contributed by atoms with van der Waals surface area (Å²) < 4.78 is 10.7. The Balaban J connectivity index is 1.42. The van der Waals surface area contributed by atoms with E-state index in [-0.39, 0.29) is 36.4 Å². The summed E-state index contributed by atoms with van der Waals surface area (Å²) in [7, 11) is 0. The lowest BCUT2D eigenvalue weighted by Crippen LogP contribution is -2.28. The first-order valence-corrected chi connectivity index (χ1v) is 9.88. The van der Waals surface area contributed by atoms with Gasteiger partial charge in [-0.3, -0.25) is 9.59 Å². The van der Waals surface area contributed by atoms with Crippen molar-refractivity contribution >= 4 is 17.5 Å². The summed E-state index contributed by atoms with van der Waals surface area (Å²) in [4.78, 5) is 27.1. The Hall–Kier alpha value is -3.02. The van der Waals surface area contributed by atoms with E-state index < -0.39 is 0 Å². The van der Waals surface area contributed by atoms with E-state index >= 15 is 0 Å². The quantitative estimate of drug-likeness (QED) is 0.859. The largest absolute Gasteiger partial charge is 0.454 e. The highest BCUT2D eigenvalue weighted by molar-refractivity contribution is 5.97. The molecule has 2 heterocycles. The van der Waals surface area contributed by atoms with E-state index in [9.17, 15) is 9.59 Å². The highest BCUT2D eigenvalue weighted by atomic mass is 16.7. The highest BCUT2D eigenvalue weighted by Gasteiger charge is 2.35. The number of nitrogens with one attached hydrogen (secondary N) is 1. The number of rotatable bonds is 4. The maximum Gasteiger partial charge on any atom is 0.231 e. The molecule has 6 nitrogen and oxygen atoms in total. The maximum atomic E-state index is 12.9. The van der Waals surface area contributed by atoms with Gasteiger partial charge in [-0.1, -0.05) is 45.0 Å². The molecule has 2 aliphatic heterocycles. The van der Waals surface area contributed by atoms with Crippen LogP contribution in [-0.4, -0.2) is 30.1 Å². The lowest BCUT2D eigenvalue weighted by Gasteiger charge is -2.23. The van der Waals surface area contributed by atoms with Crippen LogP contribution in [0.2, 0.25) is 0 Å². The summed E-state index contributed by atoms with van der Waals surface area (Å²) in [5.74, 6) is 0.943. The molecule has 0 bridgehead atoms. The Labute approximate surface area is 170 Å². The van der Waals surface area contributed by atoms with E-state index in [0.29, 0.717) is 18.8 Å². The van der Waals surface area contributed by atoms with Crippen LogP contribution in [0.3, 0.4) is 0 Å². The molecule has 0 aromatic heterocycles. The molecule has 1 atom stereocenters. The molecule has 0 aliphatic carbocycles. The van der Waals surface area contributed by atoms with Gasteiger partial charge in [-0.25, -0.2) is 0 Å². The van der Waals surface area contributed by atoms with E-state index in [4.69, 9.17) is 9.47 Å². The average molecular weight is 394 g/mol. The molecule has 0 spiro atoms. The Bertz CT molecular complexity index is 948. The van der Waals surface area contributed by atoms with Crippen molar-refractivity contribution < 1.29 is 19.1 Å². The zero-order valence-electron chi connectivity index (χ0n) is 17.0. The van der Waals surface area contributed by atoms with Crippen LogP contribution in [0, 0.1) is 5.92 Å². The van der Waals surface area contributed by atoms with Crippen molar-refractivity contribution in [3.63, 3.8) is 0 Å². The number of benzene rings is 2. The average Bonchev–Trinajstić information content (AvgIpc) is 3.28. The normalized spacial score (nSPS) is 18.2. The van der Waals surface area contributed by atoms with Crippen LogP contribution in [0.4, 0.5) is 5.69 Å². The smallest absolute Gasteiger partial charge is 0.231 e. The molecule has 2 amide bonds. The number of hydrogen-bond donors (Lipinski definition) is 1. The van der Waals surface area contributed by atoms with E-state index in [1.54, 1.807) is 4.90 Å². The minimum Gasteiger partial charge on any atom is -0.454 e. The van der Waals surface area contributed by atoms with Crippen LogP contribution in [0.15, 0.2) is 42.5 Å². The number of anilines is 1. The summed E-state index contributed by atoms with van der Waals surface area (Å²) in [5, 5.41) is 3.04. The number of fused-ring (bicyclic) bond motifs is 1. The molecular weight excluding hydrogens is 368 g/mol. The van der Waals surface area contributed by atoms with Gasteiger partial charge in [0.15, 0.2) is 11.5 Å². The van der Waals surface area contributed by atoms with Crippen molar-refractivity contribution in [2.45, 2.75) is 39.2 Å². The van der Waals surface area contributed by atoms with Gasteiger partial charge < -0.3 is 19.7 Å². The first-order chi connectivity index (χ1) is 13.8. The summed E-state index contributed by atoms with van der Waals surface area (Å²) in [6.07, 6.45) is 0.230. The van der Waals surface area contributed by atoms with Gasteiger partial charge in [0.2, 0.25) is 18.6 Å². The summed E-state index contributed by atoms with van der Waals surface area (Å²) in [6, 6.07) is 13.5. The van der Waals surface area contributed by atoms with Crippen LogP contribution in [0.1, 0.15) is 38.3 Å². The van der Waals surface area contributed by atoms with Crippen molar-refractivity contribution in [1.82, 2.24) is 4.90 Å². The third-order valence-electron chi connectivity index (χ3n) is 5.39. The predicted octanol–water partition coefficient (Wildman–Crippen LogP) is 3.70. The SMILES string of the molecule is CC(C)(C)c1ccccc1NC(=O)C1CC(=O)N(Cc2ccc3c(c2)OCO3)C1. The molecule has 152 valence electrons. The fourth-order valence-electron chi connectivity index (χ4n) is 3.84. The summed E-state index contributed by atoms with van der Waals surface area (Å²) >= 11 is 0. The second kappa shape index (κ2) is 7.43. The van der Waals surface area contributed by atoms with Gasteiger partial charge in [0.25, 0.3) is 0 Å². The van der Waals surface area contributed by atoms with Gasteiger partial charge in [-0.05, 0) is 34.7 Å². The zero-order chi connectivity index (χ0) is 20.6. The fraction of sp³-hybridized carbons (Fsp3) is 0.391. The molecule has 6 heteroatoms. The first kappa shape index (κ1) is 19.3. The zero-order valence-corrected chi connectivity index (χ0v) is 17.0. The molecule has 2 aromatic carbocycles. The minimum atomic E-state index is -0.357. The van der Waals surface area contributed by atoms with Crippen LogP contribution in [-0.2, 0) is 21.5 Å². The van der Waals surface area contributed by atoms with Gasteiger partial charge in [0.05, 0.1) is 5.92 Å². The van der Waals surface area contributed by atoms with E-state index in [1.807, 2.05) is 42.5 Å². The topological polar surface area (TPSA) is 67.9 Å². The molecule has 1 unspecified atom stereocenters. The Morgan fingerprint density at radius 1 is 1.14 bits per heavy atom. The lowest BCUT2D eigenvalue weighted by atomic mass is 9.85. The number of ether oxygens (including phenoxy) is 2. The lowest BCUT2D eigenvalue weighted by molar-refractivity contribution is -0.128. The molecule has 1 saturated heterocycles. The van der Waals surface area contributed by atoms with E-state index in [0.717, 1.165) is 22.6 Å². The van der Waals surface area contributed by atoms with E-state index in [1.165, 1.54) is 0 Å². The molecule has 0 radical (unpaired) electrons. The summed E-state index contributed by atoms with van der Waals surface area (Å²) in [6.45, 7) is 7.44. The van der Waals surface area contributed by atoms with Crippen LogP contribution in [0.5, 0.6) is 11.5 Å². The van der Waals surface area contributed by atoms with Crippen molar-refractivity contribution in [2.75, 3.05) is 18.7 Å². The van der Waals surface area contributed by atoms with Gasteiger partial charge in [-0.2, -0.15) is 0 Å². The van der Waals surface area contributed by atoms with E-state index in [2.05, 4.69) is 26.1 Å². The maximum absolute atomic E-state index is 12.9. The van der Waals surface area contributed by atoms with Crippen molar-refractivity contribution in [2.24, 2.45) is 5.92 Å². The van der Waals surface area contributed by atoms with Crippen LogP contribution in [0.25, 0.3) is 0 Å². The fourth-order valence-corrected chi connectivity index (χ4v) is 3.84. The molecule has 0 saturated carbocycles. The number of amides is 2. The van der Waals surface area contributed by atoms with Gasteiger partial charge in [0, 0.05) is 25.2 Å². The van der Waals surface area contributed by atoms with Gasteiger partial charge in [0.1, 0.15) is 0 Å². The second-order valence-corrected chi connectivity index (χ2v) is 8.65. The minimum absolute atomic E-state index is 0.00748. The third-order valence-corrected chi connectivity index (χ3v) is 5.39. The third kappa shape index (κ3) is 4.06. The number of carbonyl (C=O) groups is 2. The Kier molecular flexibility index (Phi) is 4.94. The summed E-state index contributed by atoms with van der Waals surface area (Å²) in [5.41, 5.74) is 2.77. The molecule has 1 N–H and O–H groups in total. The number of nitrogens with zero attached hydrogens (tertiary/aromatic N) is 1. The molecule has 2 aliphatic rings. The molecule has 1 fully saturated rings.